The molecule has 0 spiro atoms. The third-order valence-electron chi connectivity index (χ3n) is 3.34. The van der Waals surface area contributed by atoms with Crippen molar-refractivity contribution in [3.05, 3.63) is 12.7 Å². The van der Waals surface area contributed by atoms with Gasteiger partial charge in [0.2, 0.25) is 0 Å². The molecule has 0 amide bonds. The van der Waals surface area contributed by atoms with Crippen molar-refractivity contribution in [2.45, 2.75) is 40.0 Å². The summed E-state index contributed by atoms with van der Waals surface area (Å²) in [6.07, 6.45) is 4.92. The molecule has 1 saturated heterocycles. The van der Waals surface area contributed by atoms with Crippen LogP contribution in [-0.4, -0.2) is 30.4 Å². The fraction of sp³-hybridized carbons (Fsp3) is 0.714. The molecule has 0 aromatic rings. The Bertz CT molecular complexity index is 322. The van der Waals surface area contributed by atoms with Gasteiger partial charge in [0, 0.05) is 18.5 Å². The molecule has 1 aliphatic heterocycles. The van der Waals surface area contributed by atoms with Crippen molar-refractivity contribution in [2.75, 3.05) is 13.1 Å². The fourth-order valence-corrected chi connectivity index (χ4v) is 1.93. The Morgan fingerprint density at radius 2 is 1.94 bits per heavy atom. The molecule has 0 saturated carbocycles. The van der Waals surface area contributed by atoms with Crippen LogP contribution in [0.1, 0.15) is 40.0 Å². The van der Waals surface area contributed by atoms with Gasteiger partial charge in [0.1, 0.15) is 6.29 Å². The maximum absolute atomic E-state index is 11.7. The number of rotatable bonds is 4. The minimum atomic E-state index is -0.500. The lowest BCUT2D eigenvalue weighted by Gasteiger charge is -2.37. The van der Waals surface area contributed by atoms with Crippen LogP contribution in [0.3, 0.4) is 0 Å². The van der Waals surface area contributed by atoms with Crippen molar-refractivity contribution in [1.82, 2.24) is 5.06 Å². The van der Waals surface area contributed by atoms with Gasteiger partial charge in [0.05, 0.1) is 5.41 Å². The van der Waals surface area contributed by atoms with Crippen LogP contribution in [0.15, 0.2) is 12.7 Å². The number of carbonyl (C=O) groups excluding carboxylic acids is 2. The molecule has 18 heavy (non-hydrogen) atoms. The lowest BCUT2D eigenvalue weighted by molar-refractivity contribution is -0.208. The van der Waals surface area contributed by atoms with Crippen LogP contribution in [0.25, 0.3) is 0 Å². The number of carbonyl (C=O) groups is 2. The Balaban J connectivity index is 2.51. The molecule has 1 aliphatic rings. The number of hydrogen-bond donors (Lipinski definition) is 0. The first-order chi connectivity index (χ1) is 8.33. The number of aldehydes is 1. The van der Waals surface area contributed by atoms with Crippen LogP contribution in [-0.2, 0) is 14.4 Å². The molecular formula is C14H23NO3. The second-order valence-electron chi connectivity index (χ2n) is 6.03. The molecule has 0 atom stereocenters. The van der Waals surface area contributed by atoms with Crippen molar-refractivity contribution in [2.24, 2.45) is 10.8 Å². The van der Waals surface area contributed by atoms with E-state index in [-0.39, 0.29) is 11.4 Å². The van der Waals surface area contributed by atoms with Gasteiger partial charge >= 0.3 is 5.97 Å². The molecule has 4 nitrogen and oxygen atoms in total. The van der Waals surface area contributed by atoms with Gasteiger partial charge in [-0.3, -0.25) is 0 Å². The summed E-state index contributed by atoms with van der Waals surface area (Å²) in [5.74, 6) is -0.232. The molecule has 0 unspecified atom stereocenters. The van der Waals surface area contributed by atoms with Crippen molar-refractivity contribution in [3.63, 3.8) is 0 Å². The number of hydroxylamine groups is 2. The van der Waals surface area contributed by atoms with Gasteiger partial charge in [-0.25, -0.2) is 4.79 Å². The van der Waals surface area contributed by atoms with Crippen LogP contribution >= 0.6 is 0 Å². The summed E-state index contributed by atoms with van der Waals surface area (Å²) in [6.45, 7) is 10.4. The normalized spacial score (nSPS) is 20.2. The van der Waals surface area contributed by atoms with Crippen LogP contribution in [0.2, 0.25) is 0 Å². The highest BCUT2D eigenvalue weighted by Gasteiger charge is 2.35. The average Bonchev–Trinajstić information content (AvgIpc) is 2.31. The summed E-state index contributed by atoms with van der Waals surface area (Å²) < 4.78 is 0. The molecular weight excluding hydrogens is 230 g/mol. The van der Waals surface area contributed by atoms with E-state index in [0.717, 1.165) is 6.29 Å². The first-order valence-electron chi connectivity index (χ1n) is 6.37. The smallest absolute Gasteiger partial charge is 0.330 e. The summed E-state index contributed by atoms with van der Waals surface area (Å²) in [6, 6.07) is 0. The zero-order valence-corrected chi connectivity index (χ0v) is 11.6. The van der Waals surface area contributed by atoms with E-state index < -0.39 is 5.41 Å². The summed E-state index contributed by atoms with van der Waals surface area (Å²) in [4.78, 5) is 28.3. The maximum atomic E-state index is 11.7. The molecule has 1 rings (SSSR count). The molecule has 1 heterocycles. The van der Waals surface area contributed by atoms with Crippen molar-refractivity contribution < 1.29 is 14.4 Å². The Morgan fingerprint density at radius 1 is 1.39 bits per heavy atom. The van der Waals surface area contributed by atoms with Gasteiger partial charge in [0.15, 0.2) is 0 Å². The lowest BCUT2D eigenvalue weighted by Crippen LogP contribution is -2.43. The summed E-state index contributed by atoms with van der Waals surface area (Å²) >= 11 is 0. The van der Waals surface area contributed by atoms with Gasteiger partial charge in [-0.05, 0) is 40.0 Å². The summed E-state index contributed by atoms with van der Waals surface area (Å²) in [5, 5.41) is 1.67. The van der Waals surface area contributed by atoms with E-state index in [2.05, 4.69) is 6.58 Å². The largest absolute Gasteiger partial charge is 0.367 e. The molecule has 4 heteroatoms. The summed E-state index contributed by atoms with van der Waals surface area (Å²) in [5.41, 5.74) is -0.813. The molecule has 0 aromatic carbocycles. The third-order valence-corrected chi connectivity index (χ3v) is 3.34. The molecule has 1 fully saturated rings. The minimum Gasteiger partial charge on any atom is -0.367 e. The standard InChI is InChI=1S/C14H23NO3/c1-5-6-14(11-16)7-9-15(10-8-14)18-12(17)13(2,3)4/h5,11H,1,6-10H2,2-4H3. The van der Waals surface area contributed by atoms with Gasteiger partial charge in [-0.15, -0.1) is 11.6 Å². The Kier molecular flexibility index (Phi) is 4.68. The van der Waals surface area contributed by atoms with E-state index >= 15 is 0 Å². The molecule has 0 aromatic heterocycles. The quantitative estimate of drug-likeness (QED) is 0.570. The van der Waals surface area contributed by atoms with E-state index in [1.807, 2.05) is 20.8 Å². The second-order valence-corrected chi connectivity index (χ2v) is 6.03. The van der Waals surface area contributed by atoms with Gasteiger partial charge in [-0.1, -0.05) is 6.08 Å². The first kappa shape index (κ1) is 14.9. The third kappa shape index (κ3) is 3.67. The van der Waals surface area contributed by atoms with Crippen LogP contribution in [0, 0.1) is 10.8 Å². The van der Waals surface area contributed by atoms with Crippen LogP contribution < -0.4 is 0 Å². The number of allylic oxidation sites excluding steroid dienone is 1. The number of piperidine rings is 1. The lowest BCUT2D eigenvalue weighted by atomic mass is 9.77. The van der Waals surface area contributed by atoms with Crippen molar-refractivity contribution in [3.8, 4) is 0 Å². The second kappa shape index (κ2) is 5.65. The molecule has 0 radical (unpaired) electrons. The predicted octanol–water partition coefficient (Wildman–Crippen LogP) is 2.35. The predicted molar refractivity (Wildman–Crippen MR) is 69.7 cm³/mol. The average molecular weight is 253 g/mol. The number of hydrogen-bond acceptors (Lipinski definition) is 4. The zero-order chi connectivity index (χ0) is 13.8. The zero-order valence-electron chi connectivity index (χ0n) is 11.6. The van der Waals surface area contributed by atoms with Crippen molar-refractivity contribution in [1.29, 1.82) is 0 Å². The maximum Gasteiger partial charge on any atom is 0.330 e. The van der Waals surface area contributed by atoms with E-state index in [1.54, 1.807) is 11.1 Å². The SMILES string of the molecule is C=CCC1(C=O)CCN(OC(=O)C(C)(C)C)CC1. The Hall–Kier alpha value is -1.16. The highest BCUT2D eigenvalue weighted by Crippen LogP contribution is 2.33. The van der Waals surface area contributed by atoms with Gasteiger partial charge in [-0.2, -0.15) is 0 Å². The molecule has 102 valence electrons. The van der Waals surface area contributed by atoms with Gasteiger partial charge < -0.3 is 9.63 Å². The topological polar surface area (TPSA) is 46.6 Å². The number of nitrogens with zero attached hydrogens (tertiary/aromatic N) is 1. The highest BCUT2D eigenvalue weighted by atomic mass is 16.7. The molecule has 0 bridgehead atoms. The highest BCUT2D eigenvalue weighted by molar-refractivity contribution is 5.75. The summed E-state index contributed by atoms with van der Waals surface area (Å²) in [7, 11) is 0. The van der Waals surface area contributed by atoms with Crippen LogP contribution in [0.5, 0.6) is 0 Å². The van der Waals surface area contributed by atoms with E-state index in [0.29, 0.717) is 32.4 Å². The fourth-order valence-electron chi connectivity index (χ4n) is 1.93. The van der Waals surface area contributed by atoms with E-state index in [9.17, 15) is 9.59 Å². The Morgan fingerprint density at radius 3 is 2.33 bits per heavy atom. The van der Waals surface area contributed by atoms with Crippen molar-refractivity contribution >= 4 is 12.3 Å². The van der Waals surface area contributed by atoms with E-state index in [4.69, 9.17) is 4.84 Å². The van der Waals surface area contributed by atoms with Gasteiger partial charge in [0.25, 0.3) is 0 Å². The monoisotopic (exact) mass is 253 g/mol. The molecule has 0 aliphatic carbocycles. The molecule has 0 N–H and O–H groups in total. The first-order valence-corrected chi connectivity index (χ1v) is 6.37. The Labute approximate surface area is 109 Å². The van der Waals surface area contributed by atoms with Crippen LogP contribution in [0.4, 0.5) is 0 Å². The van der Waals surface area contributed by atoms with E-state index in [1.165, 1.54) is 0 Å². The minimum absolute atomic E-state index is 0.232.